The van der Waals surface area contributed by atoms with Gasteiger partial charge >= 0.3 is 7.82 Å². The van der Waals surface area contributed by atoms with Crippen molar-refractivity contribution in [2.24, 2.45) is 0 Å². The van der Waals surface area contributed by atoms with Crippen LogP contribution in [-0.2, 0) is 22.9 Å². The molecule has 0 spiro atoms. The monoisotopic (exact) mass is 341 g/mol. The summed E-state index contributed by atoms with van der Waals surface area (Å²) in [5, 5.41) is 0. The summed E-state index contributed by atoms with van der Waals surface area (Å²) in [6.45, 7) is 1.78. The van der Waals surface area contributed by atoms with Crippen LogP contribution in [0.25, 0.3) is 11.2 Å². The Morgan fingerprint density at radius 2 is 2.22 bits per heavy atom. The molecule has 2 fully saturated rings. The van der Waals surface area contributed by atoms with Gasteiger partial charge in [-0.2, -0.15) is 0 Å². The van der Waals surface area contributed by atoms with E-state index in [0.29, 0.717) is 23.4 Å². The second-order valence-electron chi connectivity index (χ2n) is 5.46. The SMILES string of the molecule is COP1(=O)O[C@@H](C)[C@H]2O[C@@H](n3cnc4c(N)ncnc43)C[C@@H]2O1. The standard InChI is InChI=1S/C12H16N5O5P/c1-6-10-7(22-23(18,19-2)21-6)3-8(20-10)17-5-16-9-11(13)14-4-15-12(9)17/h4-8,10H,3H2,1-2H3,(H2,13,14,15)/t6-,7-,8+,10+,23?/m0/s1. The fraction of sp³-hybridized carbons (Fsp3) is 0.583. The number of anilines is 1. The zero-order chi connectivity index (χ0) is 16.2. The van der Waals surface area contributed by atoms with Crippen LogP contribution in [0.4, 0.5) is 5.82 Å². The Morgan fingerprint density at radius 3 is 3.00 bits per heavy atom. The van der Waals surface area contributed by atoms with Crippen molar-refractivity contribution in [2.75, 3.05) is 12.8 Å². The van der Waals surface area contributed by atoms with E-state index in [1.807, 2.05) is 0 Å². The van der Waals surface area contributed by atoms with Crippen molar-refractivity contribution in [1.82, 2.24) is 19.5 Å². The highest BCUT2D eigenvalue weighted by atomic mass is 31.2. The van der Waals surface area contributed by atoms with Gasteiger partial charge in [-0.15, -0.1) is 0 Å². The van der Waals surface area contributed by atoms with Gasteiger partial charge < -0.3 is 10.5 Å². The first-order chi connectivity index (χ1) is 11.0. The van der Waals surface area contributed by atoms with E-state index < -0.39 is 20.0 Å². The molecule has 0 amide bonds. The Bertz CT molecular complexity index is 797. The molecule has 2 saturated heterocycles. The molecule has 0 bridgehead atoms. The van der Waals surface area contributed by atoms with Crippen molar-refractivity contribution in [3.63, 3.8) is 0 Å². The molecular weight excluding hydrogens is 325 g/mol. The quantitative estimate of drug-likeness (QED) is 0.804. The lowest BCUT2D eigenvalue weighted by Gasteiger charge is -2.33. The number of rotatable bonds is 2. The second-order valence-corrected chi connectivity index (χ2v) is 7.14. The largest absolute Gasteiger partial charge is 0.475 e. The number of nitrogens with zero attached hydrogens (tertiary/aromatic N) is 4. The normalized spacial score (nSPS) is 37.1. The summed E-state index contributed by atoms with van der Waals surface area (Å²) in [5.74, 6) is 0.306. The van der Waals surface area contributed by atoms with Crippen LogP contribution >= 0.6 is 7.82 Å². The van der Waals surface area contributed by atoms with Crippen LogP contribution in [0.1, 0.15) is 19.6 Å². The fourth-order valence-corrected chi connectivity index (χ4v) is 4.26. The van der Waals surface area contributed by atoms with Gasteiger partial charge in [-0.1, -0.05) is 0 Å². The molecule has 2 aliphatic rings. The highest BCUT2D eigenvalue weighted by Crippen LogP contribution is 2.58. The van der Waals surface area contributed by atoms with Crippen molar-refractivity contribution in [3.05, 3.63) is 12.7 Å². The van der Waals surface area contributed by atoms with Crippen LogP contribution in [0.3, 0.4) is 0 Å². The van der Waals surface area contributed by atoms with E-state index in [1.165, 1.54) is 13.4 Å². The Labute approximate surface area is 131 Å². The maximum Gasteiger partial charge on any atom is 0.475 e. The lowest BCUT2D eigenvalue weighted by atomic mass is 10.1. The maximum absolute atomic E-state index is 12.2. The minimum absolute atomic E-state index is 0.306. The van der Waals surface area contributed by atoms with Crippen molar-refractivity contribution < 1.29 is 22.9 Å². The van der Waals surface area contributed by atoms with Gasteiger partial charge in [0, 0.05) is 13.5 Å². The number of hydrogen-bond acceptors (Lipinski definition) is 9. The number of nitrogen functional groups attached to an aromatic ring is 1. The zero-order valence-electron chi connectivity index (χ0n) is 12.5. The van der Waals surface area contributed by atoms with Crippen LogP contribution in [0, 0.1) is 0 Å². The molecule has 2 aromatic rings. The Morgan fingerprint density at radius 1 is 1.39 bits per heavy atom. The van der Waals surface area contributed by atoms with Crippen molar-refractivity contribution in [2.45, 2.75) is 37.9 Å². The van der Waals surface area contributed by atoms with Crippen molar-refractivity contribution in [3.8, 4) is 0 Å². The number of nitrogens with two attached hydrogens (primary N) is 1. The summed E-state index contributed by atoms with van der Waals surface area (Å²) >= 11 is 0. The predicted octanol–water partition coefficient (Wildman–Crippen LogP) is 1.25. The number of ether oxygens (including phenoxy) is 1. The van der Waals surface area contributed by atoms with E-state index in [0.717, 1.165) is 0 Å². The molecule has 0 saturated carbocycles. The van der Waals surface area contributed by atoms with Crippen LogP contribution in [0.15, 0.2) is 12.7 Å². The van der Waals surface area contributed by atoms with Gasteiger partial charge in [0.15, 0.2) is 11.5 Å². The van der Waals surface area contributed by atoms with Gasteiger partial charge in [0.2, 0.25) is 0 Å². The highest BCUT2D eigenvalue weighted by Gasteiger charge is 2.51. The van der Waals surface area contributed by atoms with Crippen molar-refractivity contribution in [1.29, 1.82) is 0 Å². The third-order valence-electron chi connectivity index (χ3n) is 4.06. The van der Waals surface area contributed by atoms with Crippen molar-refractivity contribution >= 4 is 24.8 Å². The number of imidazole rings is 1. The molecule has 11 heteroatoms. The second kappa shape index (κ2) is 5.22. The minimum atomic E-state index is -3.53. The molecule has 10 nitrogen and oxygen atoms in total. The first kappa shape index (κ1) is 15.0. The number of phosphoric acid groups is 1. The van der Waals surface area contributed by atoms with Gasteiger partial charge in [-0.25, -0.2) is 19.5 Å². The van der Waals surface area contributed by atoms with Gasteiger partial charge in [0.05, 0.1) is 12.4 Å². The summed E-state index contributed by atoms with van der Waals surface area (Å²) in [5.41, 5.74) is 6.88. The third kappa shape index (κ3) is 2.34. The van der Waals surface area contributed by atoms with E-state index in [2.05, 4.69) is 15.0 Å². The zero-order valence-corrected chi connectivity index (χ0v) is 13.4. The molecule has 0 aliphatic carbocycles. The average molecular weight is 341 g/mol. The predicted molar refractivity (Wildman–Crippen MR) is 78.3 cm³/mol. The van der Waals surface area contributed by atoms with Crippen LogP contribution in [0.5, 0.6) is 0 Å². The van der Waals surface area contributed by atoms with E-state index in [1.54, 1.807) is 17.8 Å². The first-order valence-electron chi connectivity index (χ1n) is 7.12. The Hall–Kier alpha value is -1.58. The molecule has 2 N–H and O–H groups in total. The Kier molecular flexibility index (Phi) is 3.40. The van der Waals surface area contributed by atoms with E-state index in [-0.39, 0.29) is 12.3 Å². The molecule has 5 atom stereocenters. The Balaban J connectivity index is 1.65. The molecule has 4 heterocycles. The number of phosphoric ester groups is 1. The summed E-state index contributed by atoms with van der Waals surface area (Å²) in [4.78, 5) is 12.3. The van der Waals surface area contributed by atoms with Gasteiger partial charge in [0.1, 0.15) is 30.3 Å². The fourth-order valence-electron chi connectivity index (χ4n) is 2.97. The van der Waals surface area contributed by atoms with E-state index >= 15 is 0 Å². The van der Waals surface area contributed by atoms with Gasteiger partial charge in [-0.05, 0) is 6.92 Å². The molecule has 124 valence electrons. The number of fused-ring (bicyclic) bond motifs is 2. The minimum Gasteiger partial charge on any atom is -0.382 e. The molecular formula is C12H16N5O5P. The summed E-state index contributed by atoms with van der Waals surface area (Å²) in [6, 6.07) is 0. The summed E-state index contributed by atoms with van der Waals surface area (Å²) in [6.07, 6.45) is 1.90. The molecule has 0 radical (unpaired) electrons. The molecule has 2 aliphatic heterocycles. The van der Waals surface area contributed by atoms with Gasteiger partial charge in [0.25, 0.3) is 0 Å². The first-order valence-corrected chi connectivity index (χ1v) is 8.58. The van der Waals surface area contributed by atoms with Crippen LogP contribution in [0.2, 0.25) is 0 Å². The third-order valence-corrected chi connectivity index (χ3v) is 5.62. The van der Waals surface area contributed by atoms with Crippen LogP contribution < -0.4 is 5.73 Å². The lowest BCUT2D eigenvalue weighted by molar-refractivity contribution is -0.101. The summed E-state index contributed by atoms with van der Waals surface area (Å²) in [7, 11) is -2.23. The highest BCUT2D eigenvalue weighted by molar-refractivity contribution is 7.48. The molecule has 23 heavy (non-hydrogen) atoms. The summed E-state index contributed by atoms with van der Waals surface area (Å²) < 4.78 is 35.7. The van der Waals surface area contributed by atoms with Crippen LogP contribution in [-0.4, -0.2) is 44.9 Å². The molecule has 2 aromatic heterocycles. The number of hydrogen-bond donors (Lipinski definition) is 1. The van der Waals surface area contributed by atoms with E-state index in [9.17, 15) is 4.57 Å². The van der Waals surface area contributed by atoms with Gasteiger partial charge in [-0.3, -0.25) is 18.1 Å². The maximum atomic E-state index is 12.2. The lowest BCUT2D eigenvalue weighted by Crippen LogP contribution is -2.39. The molecule has 4 rings (SSSR count). The van der Waals surface area contributed by atoms with E-state index in [4.69, 9.17) is 24.0 Å². The molecule has 1 unspecified atom stereocenters. The smallest absolute Gasteiger partial charge is 0.382 e. The average Bonchev–Trinajstić information content (AvgIpc) is 3.11. The topological polar surface area (TPSA) is 124 Å². The number of aromatic nitrogens is 4. The molecule has 0 aromatic carbocycles.